The Bertz CT molecular complexity index is 408. The van der Waals surface area contributed by atoms with Crippen molar-refractivity contribution in [1.82, 2.24) is 15.6 Å². The number of carbonyl (C=O) groups excluding carboxylic acids is 1. The Morgan fingerprint density at radius 2 is 2.00 bits per heavy atom. The third-order valence-corrected chi connectivity index (χ3v) is 2.51. The van der Waals surface area contributed by atoms with Gasteiger partial charge in [-0.15, -0.1) is 0 Å². The molecule has 0 bridgehead atoms. The summed E-state index contributed by atoms with van der Waals surface area (Å²) < 4.78 is 0. The second-order valence-electron chi connectivity index (χ2n) is 4.00. The Labute approximate surface area is 105 Å². The molecule has 1 aromatic heterocycles. The first kappa shape index (κ1) is 14.1. The smallest absolute Gasteiger partial charge is 0.327 e. The number of rotatable bonds is 6. The van der Waals surface area contributed by atoms with Gasteiger partial charge in [-0.25, -0.2) is 4.79 Å². The van der Waals surface area contributed by atoms with Crippen molar-refractivity contribution in [1.29, 1.82) is 0 Å². The first-order chi connectivity index (χ1) is 8.50. The maximum absolute atomic E-state index is 10.9. The predicted octanol–water partition coefficient (Wildman–Crippen LogP) is 0.321. The number of carbonyl (C=O) groups is 2. The lowest BCUT2D eigenvalue weighted by Crippen LogP contribution is -2.46. The van der Waals surface area contributed by atoms with Crippen LogP contribution in [0.1, 0.15) is 25.5 Å². The van der Waals surface area contributed by atoms with Crippen molar-refractivity contribution in [3.8, 4) is 0 Å². The van der Waals surface area contributed by atoms with Gasteiger partial charge in [0.05, 0.1) is 0 Å². The molecule has 0 aliphatic rings. The van der Waals surface area contributed by atoms with Crippen LogP contribution in [-0.2, 0) is 9.59 Å². The average molecular weight is 251 g/mol. The average Bonchev–Trinajstić information content (AvgIpc) is 2.34. The minimum atomic E-state index is -1.06. The van der Waals surface area contributed by atoms with Crippen LogP contribution in [0.3, 0.4) is 0 Å². The quantitative estimate of drug-likeness (QED) is 0.677. The molecule has 0 aliphatic heterocycles. The second-order valence-corrected chi connectivity index (χ2v) is 4.00. The van der Waals surface area contributed by atoms with Crippen LogP contribution in [0.2, 0.25) is 0 Å². The highest BCUT2D eigenvalue weighted by molar-refractivity contribution is 5.82. The fraction of sp³-hybridized carbons (Fsp3) is 0.417. The minimum absolute atomic E-state index is 0.0105. The SMILES string of the molecule is CC(=O)NC(CNC(C)c1ccncc1)C(=O)O. The molecule has 1 aromatic rings. The van der Waals surface area contributed by atoms with Crippen molar-refractivity contribution in [3.63, 3.8) is 0 Å². The van der Waals surface area contributed by atoms with E-state index in [0.717, 1.165) is 5.56 Å². The molecular formula is C12H17N3O3. The summed E-state index contributed by atoms with van der Waals surface area (Å²) in [6.07, 6.45) is 3.35. The molecule has 2 atom stereocenters. The van der Waals surface area contributed by atoms with Crippen LogP contribution in [0.15, 0.2) is 24.5 Å². The Hall–Kier alpha value is -1.95. The predicted molar refractivity (Wildman–Crippen MR) is 65.9 cm³/mol. The summed E-state index contributed by atoms with van der Waals surface area (Å²) in [4.78, 5) is 25.7. The molecule has 0 aromatic carbocycles. The van der Waals surface area contributed by atoms with Gasteiger partial charge >= 0.3 is 5.97 Å². The van der Waals surface area contributed by atoms with Crippen LogP contribution in [0.25, 0.3) is 0 Å². The third-order valence-electron chi connectivity index (χ3n) is 2.51. The molecule has 0 spiro atoms. The summed E-state index contributed by atoms with van der Waals surface area (Å²) in [5.41, 5.74) is 1.01. The number of aliphatic carboxylic acids is 1. The van der Waals surface area contributed by atoms with E-state index in [1.807, 2.05) is 19.1 Å². The lowest BCUT2D eigenvalue weighted by molar-refractivity contribution is -0.141. The number of hydrogen-bond donors (Lipinski definition) is 3. The molecule has 18 heavy (non-hydrogen) atoms. The number of nitrogens with one attached hydrogen (secondary N) is 2. The van der Waals surface area contributed by atoms with Crippen molar-refractivity contribution >= 4 is 11.9 Å². The monoisotopic (exact) mass is 251 g/mol. The first-order valence-corrected chi connectivity index (χ1v) is 5.64. The first-order valence-electron chi connectivity index (χ1n) is 5.64. The zero-order chi connectivity index (χ0) is 13.5. The van der Waals surface area contributed by atoms with E-state index in [-0.39, 0.29) is 18.5 Å². The highest BCUT2D eigenvalue weighted by Gasteiger charge is 2.18. The Morgan fingerprint density at radius 3 is 2.50 bits per heavy atom. The molecule has 98 valence electrons. The van der Waals surface area contributed by atoms with Crippen molar-refractivity contribution in [3.05, 3.63) is 30.1 Å². The molecular weight excluding hydrogens is 234 g/mol. The maximum atomic E-state index is 10.9. The number of carboxylic acids is 1. The zero-order valence-electron chi connectivity index (χ0n) is 10.4. The molecule has 0 saturated carbocycles. The fourth-order valence-electron chi connectivity index (χ4n) is 1.51. The number of carboxylic acid groups (broad SMARTS) is 1. The van der Waals surface area contributed by atoms with E-state index in [2.05, 4.69) is 15.6 Å². The number of amides is 1. The Kier molecular flexibility index (Phi) is 5.26. The van der Waals surface area contributed by atoms with Crippen LogP contribution >= 0.6 is 0 Å². The molecule has 2 unspecified atom stereocenters. The highest BCUT2D eigenvalue weighted by Crippen LogP contribution is 2.09. The molecule has 1 rings (SSSR count). The van der Waals surface area contributed by atoms with Gasteiger partial charge in [-0.3, -0.25) is 9.78 Å². The van der Waals surface area contributed by atoms with Gasteiger partial charge in [-0.2, -0.15) is 0 Å². The van der Waals surface area contributed by atoms with Gasteiger partial charge in [0.1, 0.15) is 6.04 Å². The van der Waals surface area contributed by atoms with Gasteiger partial charge < -0.3 is 15.7 Å². The second kappa shape index (κ2) is 6.70. The fourth-order valence-corrected chi connectivity index (χ4v) is 1.51. The van der Waals surface area contributed by atoms with Gasteiger partial charge in [0.2, 0.25) is 5.91 Å². The molecule has 6 heteroatoms. The van der Waals surface area contributed by atoms with E-state index in [1.54, 1.807) is 12.4 Å². The van der Waals surface area contributed by atoms with Crippen LogP contribution in [0.5, 0.6) is 0 Å². The van der Waals surface area contributed by atoms with Crippen molar-refractivity contribution in [2.75, 3.05) is 6.54 Å². The van der Waals surface area contributed by atoms with Crippen molar-refractivity contribution in [2.24, 2.45) is 0 Å². The van der Waals surface area contributed by atoms with Crippen molar-refractivity contribution < 1.29 is 14.7 Å². The summed E-state index contributed by atoms with van der Waals surface area (Å²) in [6.45, 7) is 3.38. The number of aromatic nitrogens is 1. The standard InChI is InChI=1S/C12H17N3O3/c1-8(10-3-5-13-6-4-10)14-7-11(12(17)18)15-9(2)16/h3-6,8,11,14H,7H2,1-2H3,(H,15,16)(H,17,18). The highest BCUT2D eigenvalue weighted by atomic mass is 16.4. The molecule has 6 nitrogen and oxygen atoms in total. The van der Waals surface area contributed by atoms with E-state index < -0.39 is 12.0 Å². The summed E-state index contributed by atoms with van der Waals surface area (Å²) in [5.74, 6) is -1.42. The molecule has 1 amide bonds. The number of nitrogens with zero attached hydrogens (tertiary/aromatic N) is 1. The van der Waals surface area contributed by atoms with E-state index in [9.17, 15) is 9.59 Å². The zero-order valence-corrected chi connectivity index (χ0v) is 10.4. The van der Waals surface area contributed by atoms with Gasteiger partial charge in [-0.05, 0) is 24.6 Å². The molecule has 3 N–H and O–H groups in total. The van der Waals surface area contributed by atoms with Crippen LogP contribution in [0.4, 0.5) is 0 Å². The summed E-state index contributed by atoms with van der Waals surface area (Å²) >= 11 is 0. The lowest BCUT2D eigenvalue weighted by Gasteiger charge is -2.18. The summed E-state index contributed by atoms with van der Waals surface area (Å²) in [5, 5.41) is 14.4. The van der Waals surface area contributed by atoms with Crippen LogP contribution < -0.4 is 10.6 Å². The molecule has 0 saturated heterocycles. The van der Waals surface area contributed by atoms with E-state index in [1.165, 1.54) is 6.92 Å². The van der Waals surface area contributed by atoms with E-state index >= 15 is 0 Å². The molecule has 0 radical (unpaired) electrons. The van der Waals surface area contributed by atoms with Gasteiger partial charge in [0.15, 0.2) is 0 Å². The molecule has 0 aliphatic carbocycles. The van der Waals surface area contributed by atoms with Gasteiger partial charge in [0, 0.05) is 31.9 Å². The lowest BCUT2D eigenvalue weighted by atomic mass is 10.1. The number of pyridine rings is 1. The van der Waals surface area contributed by atoms with Gasteiger partial charge in [0.25, 0.3) is 0 Å². The number of hydrogen-bond acceptors (Lipinski definition) is 4. The van der Waals surface area contributed by atoms with Crippen LogP contribution in [0, 0.1) is 0 Å². The summed E-state index contributed by atoms with van der Waals surface area (Å²) in [6, 6.07) is 2.77. The van der Waals surface area contributed by atoms with Crippen molar-refractivity contribution in [2.45, 2.75) is 25.9 Å². The van der Waals surface area contributed by atoms with E-state index in [4.69, 9.17) is 5.11 Å². The minimum Gasteiger partial charge on any atom is -0.480 e. The summed E-state index contributed by atoms with van der Waals surface area (Å²) in [7, 11) is 0. The van der Waals surface area contributed by atoms with Crippen LogP contribution in [-0.4, -0.2) is 34.6 Å². The maximum Gasteiger partial charge on any atom is 0.327 e. The third kappa shape index (κ3) is 4.50. The topological polar surface area (TPSA) is 91.3 Å². The molecule has 1 heterocycles. The Balaban J connectivity index is 2.52. The van der Waals surface area contributed by atoms with Gasteiger partial charge in [-0.1, -0.05) is 0 Å². The van der Waals surface area contributed by atoms with E-state index in [0.29, 0.717) is 0 Å². The largest absolute Gasteiger partial charge is 0.480 e. The molecule has 0 fully saturated rings. The normalized spacial score (nSPS) is 13.7. The Morgan fingerprint density at radius 1 is 1.39 bits per heavy atom.